The number of benzene rings is 1. The van der Waals surface area contributed by atoms with Crippen LogP contribution in [0.25, 0.3) is 0 Å². The maximum Gasteiger partial charge on any atom is 0.269 e. The first kappa shape index (κ1) is 16.3. The van der Waals surface area contributed by atoms with Crippen LogP contribution < -0.4 is 0 Å². The fourth-order valence-electron chi connectivity index (χ4n) is 2.86. The van der Waals surface area contributed by atoms with E-state index in [2.05, 4.69) is 0 Å². The molecule has 3 rings (SSSR count). The lowest BCUT2D eigenvalue weighted by Crippen LogP contribution is -2.51. The van der Waals surface area contributed by atoms with Crippen molar-refractivity contribution in [1.82, 2.24) is 4.31 Å². The van der Waals surface area contributed by atoms with E-state index >= 15 is 0 Å². The molecule has 2 fully saturated rings. The second kappa shape index (κ2) is 6.16. The Labute approximate surface area is 134 Å². The molecule has 1 aromatic carbocycles. The van der Waals surface area contributed by atoms with Gasteiger partial charge in [0.1, 0.15) is 0 Å². The van der Waals surface area contributed by atoms with E-state index in [0.717, 1.165) is 6.42 Å². The number of nitro groups is 1. The van der Waals surface area contributed by atoms with Gasteiger partial charge in [-0.2, -0.15) is 4.31 Å². The Bertz CT molecular complexity index is 672. The van der Waals surface area contributed by atoms with E-state index in [4.69, 9.17) is 9.47 Å². The smallest absolute Gasteiger partial charge is 0.269 e. The highest BCUT2D eigenvalue weighted by molar-refractivity contribution is 7.89. The molecular formula is C14H18N2O6S. The lowest BCUT2D eigenvalue weighted by molar-refractivity contribution is -0.384. The van der Waals surface area contributed by atoms with Gasteiger partial charge in [0.15, 0.2) is 5.79 Å². The molecule has 0 bridgehead atoms. The van der Waals surface area contributed by atoms with Crippen molar-refractivity contribution in [3.8, 4) is 0 Å². The van der Waals surface area contributed by atoms with Gasteiger partial charge >= 0.3 is 0 Å². The first-order chi connectivity index (χ1) is 10.9. The third-order valence-corrected chi connectivity index (χ3v) is 6.10. The van der Waals surface area contributed by atoms with Crippen LogP contribution >= 0.6 is 0 Å². The first-order valence-corrected chi connectivity index (χ1v) is 8.90. The van der Waals surface area contributed by atoms with Crippen molar-refractivity contribution in [3.05, 3.63) is 34.4 Å². The van der Waals surface area contributed by atoms with Crippen molar-refractivity contribution in [1.29, 1.82) is 0 Å². The van der Waals surface area contributed by atoms with E-state index < -0.39 is 20.7 Å². The van der Waals surface area contributed by atoms with Crippen molar-refractivity contribution < 1.29 is 22.8 Å². The molecule has 8 nitrogen and oxygen atoms in total. The van der Waals surface area contributed by atoms with Crippen LogP contribution in [0.5, 0.6) is 0 Å². The normalized spacial score (nSPS) is 22.1. The van der Waals surface area contributed by atoms with Crippen molar-refractivity contribution >= 4 is 15.7 Å². The number of non-ortho nitro benzene ring substituents is 1. The molecule has 1 aromatic rings. The number of sulfonamides is 1. The largest absolute Gasteiger partial charge is 0.350 e. The second-order valence-corrected chi connectivity index (χ2v) is 7.55. The van der Waals surface area contributed by atoms with Gasteiger partial charge in [0.2, 0.25) is 10.0 Å². The fourth-order valence-corrected chi connectivity index (χ4v) is 4.30. The van der Waals surface area contributed by atoms with Crippen LogP contribution in [0.3, 0.4) is 0 Å². The standard InChI is InChI=1S/C14H18N2O6S/c17-16(18)12-2-4-13(5-3-12)23(19,20)15-8-6-14(7-9-15)21-10-1-11-22-14/h2-5H,1,6-11H2. The van der Waals surface area contributed by atoms with Crippen LogP contribution in [0.1, 0.15) is 19.3 Å². The summed E-state index contributed by atoms with van der Waals surface area (Å²) in [5.74, 6) is -0.653. The maximum absolute atomic E-state index is 12.6. The van der Waals surface area contributed by atoms with Gasteiger partial charge < -0.3 is 9.47 Å². The zero-order valence-electron chi connectivity index (χ0n) is 12.5. The van der Waals surface area contributed by atoms with Gasteiger partial charge in [-0.3, -0.25) is 10.1 Å². The van der Waals surface area contributed by atoms with Gasteiger partial charge in [0.05, 0.1) is 23.0 Å². The minimum Gasteiger partial charge on any atom is -0.350 e. The van der Waals surface area contributed by atoms with Crippen LogP contribution in [0.15, 0.2) is 29.2 Å². The van der Waals surface area contributed by atoms with Gasteiger partial charge in [0.25, 0.3) is 5.69 Å². The summed E-state index contributed by atoms with van der Waals surface area (Å²) in [6, 6.07) is 4.94. The molecule has 0 saturated carbocycles. The molecule has 2 aliphatic rings. The Kier molecular flexibility index (Phi) is 4.37. The summed E-state index contributed by atoms with van der Waals surface area (Å²) in [5.41, 5.74) is -0.134. The Morgan fingerprint density at radius 3 is 2.17 bits per heavy atom. The van der Waals surface area contributed by atoms with Gasteiger partial charge in [0, 0.05) is 38.1 Å². The van der Waals surface area contributed by atoms with E-state index in [1.54, 1.807) is 0 Å². The van der Waals surface area contributed by atoms with Crippen molar-refractivity contribution in [3.63, 3.8) is 0 Å². The molecule has 9 heteroatoms. The molecule has 0 N–H and O–H groups in total. The monoisotopic (exact) mass is 342 g/mol. The van der Waals surface area contributed by atoms with Crippen molar-refractivity contribution in [2.75, 3.05) is 26.3 Å². The van der Waals surface area contributed by atoms with Crippen molar-refractivity contribution in [2.24, 2.45) is 0 Å². The second-order valence-electron chi connectivity index (χ2n) is 5.62. The SMILES string of the molecule is O=[N+]([O-])c1ccc(S(=O)(=O)N2CCC3(CC2)OCCCO3)cc1. The van der Waals surface area contributed by atoms with Gasteiger partial charge in [-0.25, -0.2) is 8.42 Å². The molecular weight excluding hydrogens is 324 g/mol. The third-order valence-electron chi connectivity index (χ3n) is 4.19. The molecule has 23 heavy (non-hydrogen) atoms. The lowest BCUT2D eigenvalue weighted by Gasteiger charge is -2.42. The highest BCUT2D eigenvalue weighted by Crippen LogP contribution is 2.33. The maximum atomic E-state index is 12.6. The van der Waals surface area contributed by atoms with Gasteiger partial charge in [-0.05, 0) is 18.6 Å². The molecule has 126 valence electrons. The summed E-state index contributed by atoms with van der Waals surface area (Å²) in [4.78, 5) is 10.2. The van der Waals surface area contributed by atoms with E-state index in [9.17, 15) is 18.5 Å². The van der Waals surface area contributed by atoms with Crippen LogP contribution in [0.2, 0.25) is 0 Å². The van der Waals surface area contributed by atoms with E-state index in [-0.39, 0.29) is 10.6 Å². The predicted molar refractivity (Wildman–Crippen MR) is 80.3 cm³/mol. The Balaban J connectivity index is 1.72. The number of nitrogens with zero attached hydrogens (tertiary/aromatic N) is 2. The average Bonchev–Trinajstić information content (AvgIpc) is 2.56. The molecule has 0 amide bonds. The summed E-state index contributed by atoms with van der Waals surface area (Å²) in [6.45, 7) is 1.88. The van der Waals surface area contributed by atoms with Crippen molar-refractivity contribution in [2.45, 2.75) is 29.9 Å². The number of hydrogen-bond acceptors (Lipinski definition) is 6. The van der Waals surface area contributed by atoms with Crippen LogP contribution in [0.4, 0.5) is 5.69 Å². The van der Waals surface area contributed by atoms with Crippen LogP contribution in [-0.4, -0.2) is 49.7 Å². The number of ether oxygens (including phenoxy) is 2. The molecule has 0 unspecified atom stereocenters. The predicted octanol–water partition coefficient (Wildman–Crippen LogP) is 1.51. The Hall–Kier alpha value is -1.55. The molecule has 0 atom stereocenters. The van der Waals surface area contributed by atoms with Gasteiger partial charge in [-0.15, -0.1) is 0 Å². The molecule has 1 spiro atoms. The van der Waals surface area contributed by atoms with Crippen LogP contribution in [-0.2, 0) is 19.5 Å². The fraction of sp³-hybridized carbons (Fsp3) is 0.571. The zero-order chi connectivity index (χ0) is 16.5. The minimum absolute atomic E-state index is 0.0598. The summed E-state index contributed by atoms with van der Waals surface area (Å²) < 4.78 is 38.0. The highest BCUT2D eigenvalue weighted by atomic mass is 32.2. The summed E-state index contributed by atoms with van der Waals surface area (Å²) >= 11 is 0. The molecule has 2 heterocycles. The van der Waals surface area contributed by atoms with Gasteiger partial charge in [-0.1, -0.05) is 0 Å². The van der Waals surface area contributed by atoms with E-state index in [0.29, 0.717) is 39.1 Å². The quantitative estimate of drug-likeness (QED) is 0.610. The third kappa shape index (κ3) is 3.23. The Morgan fingerprint density at radius 1 is 1.09 bits per heavy atom. The lowest BCUT2D eigenvalue weighted by atomic mass is 10.0. The highest BCUT2D eigenvalue weighted by Gasteiger charge is 2.41. The average molecular weight is 342 g/mol. The minimum atomic E-state index is -3.66. The molecule has 2 aliphatic heterocycles. The number of rotatable bonds is 3. The van der Waals surface area contributed by atoms with E-state index in [1.807, 2.05) is 0 Å². The number of hydrogen-bond donors (Lipinski definition) is 0. The first-order valence-electron chi connectivity index (χ1n) is 7.46. The summed E-state index contributed by atoms with van der Waals surface area (Å²) in [7, 11) is -3.66. The molecule has 0 radical (unpaired) electrons. The molecule has 2 saturated heterocycles. The zero-order valence-corrected chi connectivity index (χ0v) is 13.3. The number of nitro benzene ring substituents is 1. The summed E-state index contributed by atoms with van der Waals surface area (Å²) in [5, 5.41) is 10.7. The molecule has 0 aliphatic carbocycles. The topological polar surface area (TPSA) is 99.0 Å². The van der Waals surface area contributed by atoms with Crippen LogP contribution in [0, 0.1) is 10.1 Å². The number of piperidine rings is 1. The van der Waals surface area contributed by atoms with E-state index in [1.165, 1.54) is 28.6 Å². The molecule has 0 aromatic heterocycles. The Morgan fingerprint density at radius 2 is 1.65 bits per heavy atom. The summed E-state index contributed by atoms with van der Waals surface area (Å²) in [6.07, 6.45) is 1.82.